The van der Waals surface area contributed by atoms with Gasteiger partial charge in [0.2, 0.25) is 10.0 Å². The highest BCUT2D eigenvalue weighted by Gasteiger charge is 2.27. The van der Waals surface area contributed by atoms with Crippen LogP contribution in [0.1, 0.15) is 17.3 Å². The van der Waals surface area contributed by atoms with E-state index in [0.29, 0.717) is 44.1 Å². The van der Waals surface area contributed by atoms with E-state index in [1.807, 2.05) is 31.2 Å². The number of ether oxygens (including phenoxy) is 2. The van der Waals surface area contributed by atoms with Gasteiger partial charge >= 0.3 is 0 Å². The summed E-state index contributed by atoms with van der Waals surface area (Å²) in [4.78, 5) is 14.6. The Morgan fingerprint density at radius 3 is 2.35 bits per heavy atom. The second-order valence-electron chi connectivity index (χ2n) is 7.09. The van der Waals surface area contributed by atoms with Gasteiger partial charge in [-0.2, -0.15) is 4.31 Å². The number of amides is 1. The number of para-hydroxylation sites is 1. The second-order valence-corrected chi connectivity index (χ2v) is 9.17. The van der Waals surface area contributed by atoms with Crippen LogP contribution in [0.25, 0.3) is 0 Å². The van der Waals surface area contributed by atoms with Crippen LogP contribution in [0, 0.1) is 0 Å². The SMILES string of the molecule is CCOc1ccccc1C(=O)NCCS(=O)(=O)N1CCN(c2ccc(OC)cc2)CC1. The van der Waals surface area contributed by atoms with Crippen molar-refractivity contribution < 1.29 is 22.7 Å². The fourth-order valence-electron chi connectivity index (χ4n) is 3.47. The molecule has 1 amide bonds. The van der Waals surface area contributed by atoms with Crippen LogP contribution in [0.15, 0.2) is 48.5 Å². The number of nitrogens with one attached hydrogen (secondary N) is 1. The molecule has 0 unspecified atom stereocenters. The van der Waals surface area contributed by atoms with E-state index in [-0.39, 0.29) is 18.2 Å². The van der Waals surface area contributed by atoms with E-state index in [0.717, 1.165) is 11.4 Å². The zero-order chi connectivity index (χ0) is 22.3. The lowest BCUT2D eigenvalue weighted by molar-refractivity contribution is 0.0952. The first-order valence-electron chi connectivity index (χ1n) is 10.3. The van der Waals surface area contributed by atoms with E-state index >= 15 is 0 Å². The van der Waals surface area contributed by atoms with Crippen LogP contribution in [-0.4, -0.2) is 70.8 Å². The van der Waals surface area contributed by atoms with Crippen molar-refractivity contribution in [2.24, 2.45) is 0 Å². The molecule has 9 heteroatoms. The molecule has 3 rings (SSSR count). The molecule has 0 aliphatic carbocycles. The number of hydrogen-bond donors (Lipinski definition) is 1. The Hall–Kier alpha value is -2.78. The number of sulfonamides is 1. The van der Waals surface area contributed by atoms with Gasteiger partial charge in [0, 0.05) is 38.4 Å². The van der Waals surface area contributed by atoms with Crippen molar-refractivity contribution in [2.75, 3.05) is 57.1 Å². The highest BCUT2D eigenvalue weighted by atomic mass is 32.2. The second kappa shape index (κ2) is 10.5. The van der Waals surface area contributed by atoms with Gasteiger partial charge in [0.15, 0.2) is 0 Å². The van der Waals surface area contributed by atoms with E-state index in [9.17, 15) is 13.2 Å². The molecule has 0 aromatic heterocycles. The average molecular weight is 448 g/mol. The fraction of sp³-hybridized carbons (Fsp3) is 0.409. The van der Waals surface area contributed by atoms with Crippen molar-refractivity contribution in [3.05, 3.63) is 54.1 Å². The maximum Gasteiger partial charge on any atom is 0.255 e. The fourth-order valence-corrected chi connectivity index (χ4v) is 4.81. The largest absolute Gasteiger partial charge is 0.497 e. The number of methoxy groups -OCH3 is 1. The van der Waals surface area contributed by atoms with Gasteiger partial charge in [-0.1, -0.05) is 12.1 Å². The molecular formula is C22H29N3O5S. The Morgan fingerprint density at radius 2 is 1.71 bits per heavy atom. The third kappa shape index (κ3) is 5.89. The molecule has 1 fully saturated rings. The van der Waals surface area contributed by atoms with E-state index in [4.69, 9.17) is 9.47 Å². The van der Waals surface area contributed by atoms with Crippen LogP contribution in [0.2, 0.25) is 0 Å². The molecule has 1 heterocycles. The first-order chi connectivity index (χ1) is 14.9. The molecule has 31 heavy (non-hydrogen) atoms. The first kappa shape index (κ1) is 22.9. The molecule has 1 aliphatic heterocycles. The summed E-state index contributed by atoms with van der Waals surface area (Å²) in [6.07, 6.45) is 0. The number of piperazine rings is 1. The maximum absolute atomic E-state index is 12.7. The molecular weight excluding hydrogens is 418 g/mol. The monoisotopic (exact) mass is 447 g/mol. The van der Waals surface area contributed by atoms with E-state index in [1.54, 1.807) is 31.4 Å². The molecule has 8 nitrogen and oxygen atoms in total. The first-order valence-corrected chi connectivity index (χ1v) is 11.9. The van der Waals surface area contributed by atoms with E-state index in [1.165, 1.54) is 4.31 Å². The zero-order valence-electron chi connectivity index (χ0n) is 17.9. The molecule has 1 N–H and O–H groups in total. The third-order valence-corrected chi connectivity index (χ3v) is 7.02. The normalized spacial score (nSPS) is 14.8. The van der Waals surface area contributed by atoms with Crippen molar-refractivity contribution in [2.45, 2.75) is 6.92 Å². The van der Waals surface area contributed by atoms with Gasteiger partial charge in [-0.05, 0) is 43.3 Å². The smallest absolute Gasteiger partial charge is 0.255 e. The van der Waals surface area contributed by atoms with Gasteiger partial charge in [-0.15, -0.1) is 0 Å². The average Bonchev–Trinajstić information content (AvgIpc) is 2.79. The highest BCUT2D eigenvalue weighted by Crippen LogP contribution is 2.21. The zero-order valence-corrected chi connectivity index (χ0v) is 18.7. The molecule has 168 valence electrons. The van der Waals surface area contributed by atoms with Crippen molar-refractivity contribution in [1.29, 1.82) is 0 Å². The summed E-state index contributed by atoms with van der Waals surface area (Å²) in [5, 5.41) is 2.69. The van der Waals surface area contributed by atoms with Crippen LogP contribution < -0.4 is 19.7 Å². The summed E-state index contributed by atoms with van der Waals surface area (Å²) < 4.78 is 37.6. The van der Waals surface area contributed by atoms with Crippen molar-refractivity contribution >= 4 is 21.6 Å². The van der Waals surface area contributed by atoms with Crippen LogP contribution in [0.5, 0.6) is 11.5 Å². The summed E-state index contributed by atoms with van der Waals surface area (Å²) in [5.74, 6) is 0.789. The van der Waals surface area contributed by atoms with Gasteiger partial charge in [-0.25, -0.2) is 8.42 Å². The Bertz CT molecular complexity index is 971. The summed E-state index contributed by atoms with van der Waals surface area (Å²) >= 11 is 0. The molecule has 0 spiro atoms. The van der Waals surface area contributed by atoms with Crippen molar-refractivity contribution in [1.82, 2.24) is 9.62 Å². The highest BCUT2D eigenvalue weighted by molar-refractivity contribution is 7.89. The Labute approximate surface area is 183 Å². The van der Waals surface area contributed by atoms with Crippen LogP contribution >= 0.6 is 0 Å². The Kier molecular flexibility index (Phi) is 7.75. The molecule has 0 atom stereocenters. The summed E-state index contributed by atoms with van der Waals surface area (Å²) in [6.45, 7) is 4.38. The topological polar surface area (TPSA) is 88.2 Å². The number of anilines is 1. The van der Waals surface area contributed by atoms with E-state index in [2.05, 4.69) is 10.2 Å². The minimum atomic E-state index is -3.46. The van der Waals surface area contributed by atoms with Gasteiger partial charge in [0.25, 0.3) is 5.91 Å². The number of benzene rings is 2. The number of rotatable bonds is 9. The van der Waals surface area contributed by atoms with Gasteiger partial charge in [0.1, 0.15) is 11.5 Å². The molecule has 0 saturated carbocycles. The van der Waals surface area contributed by atoms with Gasteiger partial charge in [0.05, 0.1) is 25.0 Å². The standard InChI is InChI=1S/C22H29N3O5S/c1-3-30-21-7-5-4-6-20(21)22(26)23-12-17-31(27,28)25-15-13-24(14-16-25)18-8-10-19(29-2)11-9-18/h4-11H,3,12-17H2,1-2H3,(H,23,26). The lowest BCUT2D eigenvalue weighted by atomic mass is 10.2. The number of hydrogen-bond acceptors (Lipinski definition) is 6. The predicted molar refractivity (Wildman–Crippen MR) is 121 cm³/mol. The molecule has 2 aromatic rings. The molecule has 2 aromatic carbocycles. The van der Waals surface area contributed by atoms with Gasteiger partial charge < -0.3 is 19.7 Å². The Morgan fingerprint density at radius 1 is 1.03 bits per heavy atom. The summed E-state index contributed by atoms with van der Waals surface area (Å²) in [6, 6.07) is 14.6. The minimum Gasteiger partial charge on any atom is -0.497 e. The van der Waals surface area contributed by atoms with Crippen molar-refractivity contribution in [3.63, 3.8) is 0 Å². The van der Waals surface area contributed by atoms with Crippen LogP contribution in [0.3, 0.4) is 0 Å². The number of carbonyl (C=O) groups excluding carboxylic acids is 1. The maximum atomic E-state index is 12.7. The molecule has 1 saturated heterocycles. The van der Waals surface area contributed by atoms with Crippen molar-refractivity contribution in [3.8, 4) is 11.5 Å². The predicted octanol–water partition coefficient (Wildman–Crippen LogP) is 1.98. The summed E-state index contributed by atoms with van der Waals surface area (Å²) in [7, 11) is -1.83. The lowest BCUT2D eigenvalue weighted by Gasteiger charge is -2.35. The van der Waals surface area contributed by atoms with Crippen LogP contribution in [0.4, 0.5) is 5.69 Å². The molecule has 1 aliphatic rings. The van der Waals surface area contributed by atoms with Gasteiger partial charge in [-0.3, -0.25) is 4.79 Å². The van der Waals surface area contributed by atoms with Crippen LogP contribution in [-0.2, 0) is 10.0 Å². The minimum absolute atomic E-state index is 0.0420. The summed E-state index contributed by atoms with van der Waals surface area (Å²) in [5.41, 5.74) is 1.44. The molecule has 0 radical (unpaired) electrons. The Balaban J connectivity index is 1.49. The lowest BCUT2D eigenvalue weighted by Crippen LogP contribution is -2.50. The van der Waals surface area contributed by atoms with E-state index < -0.39 is 10.0 Å². The number of nitrogens with zero attached hydrogens (tertiary/aromatic N) is 2. The quantitative estimate of drug-likeness (QED) is 0.632. The molecule has 0 bridgehead atoms. The third-order valence-electron chi connectivity index (χ3n) is 5.15. The number of carbonyl (C=O) groups is 1.